The van der Waals surface area contributed by atoms with Crippen molar-refractivity contribution in [2.45, 2.75) is 93.5 Å². The van der Waals surface area contributed by atoms with Gasteiger partial charge in [-0.1, -0.05) is 6.92 Å². The molecule has 1 saturated carbocycles. The molecule has 11 atom stereocenters. The SMILES string of the molecule is CCN[C@@H]1C[C@H](N)[C@@H](O[C@@H]2OC(CN)=CC[C@H]2N)[C@@H](O)[C@H]1O[C@H]1OC[C@](C)(O)[C@H](NC)[C@H]1O. The number of nitrogens with one attached hydrogen (secondary N) is 2. The molecule has 0 radical (unpaired) electrons. The lowest BCUT2D eigenvalue weighted by molar-refractivity contribution is -0.304. The molecule has 192 valence electrons. The molecule has 0 spiro atoms. The smallest absolute Gasteiger partial charge is 0.215 e. The van der Waals surface area contributed by atoms with Crippen molar-refractivity contribution in [1.82, 2.24) is 10.6 Å². The number of nitrogens with two attached hydrogens (primary N) is 3. The molecule has 3 aliphatic rings. The molecule has 2 aliphatic heterocycles. The van der Waals surface area contributed by atoms with Crippen LogP contribution in [0.4, 0.5) is 0 Å². The number of aliphatic hydroxyl groups excluding tert-OH is 2. The Labute approximate surface area is 194 Å². The van der Waals surface area contributed by atoms with Crippen LogP contribution in [0.15, 0.2) is 11.8 Å². The molecule has 12 heteroatoms. The molecule has 0 aromatic rings. The number of ether oxygens (including phenoxy) is 4. The predicted molar refractivity (Wildman–Crippen MR) is 120 cm³/mol. The minimum Gasteiger partial charge on any atom is -0.467 e. The summed E-state index contributed by atoms with van der Waals surface area (Å²) in [6.07, 6.45) is -3.05. The summed E-state index contributed by atoms with van der Waals surface area (Å²) in [5.74, 6) is 0.572. The second kappa shape index (κ2) is 11.2. The van der Waals surface area contributed by atoms with Crippen molar-refractivity contribution in [3.8, 4) is 0 Å². The molecule has 3 rings (SSSR count). The maximum Gasteiger partial charge on any atom is 0.215 e. The van der Waals surface area contributed by atoms with Crippen LogP contribution >= 0.6 is 0 Å². The molecule has 1 aliphatic carbocycles. The van der Waals surface area contributed by atoms with E-state index in [9.17, 15) is 15.3 Å². The number of hydrogen-bond donors (Lipinski definition) is 8. The Hall–Kier alpha value is -0.900. The Balaban J connectivity index is 1.75. The minimum atomic E-state index is -1.28. The molecule has 33 heavy (non-hydrogen) atoms. The second-order valence-electron chi connectivity index (χ2n) is 9.31. The fraction of sp³-hybridized carbons (Fsp3) is 0.905. The molecule has 1 saturated heterocycles. The van der Waals surface area contributed by atoms with Crippen molar-refractivity contribution in [3.63, 3.8) is 0 Å². The van der Waals surface area contributed by atoms with E-state index in [1.54, 1.807) is 14.0 Å². The van der Waals surface area contributed by atoms with Crippen molar-refractivity contribution < 1.29 is 34.3 Å². The highest BCUT2D eigenvalue weighted by Gasteiger charge is 2.51. The summed E-state index contributed by atoms with van der Waals surface area (Å²) in [5.41, 5.74) is 16.9. The summed E-state index contributed by atoms with van der Waals surface area (Å²) in [6, 6.07) is -1.95. The van der Waals surface area contributed by atoms with Gasteiger partial charge in [0.05, 0.1) is 25.2 Å². The average molecular weight is 476 g/mol. The summed E-state index contributed by atoms with van der Waals surface area (Å²) in [5, 5.41) is 38.8. The molecule has 0 aromatic carbocycles. The Kier molecular flexibility index (Phi) is 9.08. The summed E-state index contributed by atoms with van der Waals surface area (Å²) >= 11 is 0. The van der Waals surface area contributed by atoms with E-state index in [0.717, 1.165) is 0 Å². The van der Waals surface area contributed by atoms with Crippen LogP contribution in [0.5, 0.6) is 0 Å². The zero-order valence-corrected chi connectivity index (χ0v) is 19.6. The number of aliphatic hydroxyl groups is 3. The third kappa shape index (κ3) is 5.85. The van der Waals surface area contributed by atoms with Crippen LogP contribution in [0, 0.1) is 0 Å². The summed E-state index contributed by atoms with van der Waals surface area (Å²) in [7, 11) is 1.64. The van der Waals surface area contributed by atoms with Crippen LogP contribution < -0.4 is 27.8 Å². The van der Waals surface area contributed by atoms with Crippen LogP contribution in [0.2, 0.25) is 0 Å². The van der Waals surface area contributed by atoms with Gasteiger partial charge in [0.25, 0.3) is 0 Å². The van der Waals surface area contributed by atoms with Crippen LogP contribution in [-0.2, 0) is 18.9 Å². The predicted octanol–water partition coefficient (Wildman–Crippen LogP) is -3.20. The molecule has 0 unspecified atom stereocenters. The maximum atomic E-state index is 11.3. The van der Waals surface area contributed by atoms with E-state index in [1.165, 1.54) is 0 Å². The lowest BCUT2D eigenvalue weighted by Gasteiger charge is -2.49. The van der Waals surface area contributed by atoms with Crippen molar-refractivity contribution >= 4 is 0 Å². The van der Waals surface area contributed by atoms with Gasteiger partial charge in [0, 0.05) is 12.1 Å². The van der Waals surface area contributed by atoms with E-state index in [4.69, 9.17) is 36.1 Å². The van der Waals surface area contributed by atoms with E-state index in [-0.39, 0.29) is 19.2 Å². The highest BCUT2D eigenvalue weighted by molar-refractivity contribution is 5.05. The zero-order valence-electron chi connectivity index (χ0n) is 19.6. The Morgan fingerprint density at radius 3 is 2.48 bits per heavy atom. The van der Waals surface area contributed by atoms with Crippen molar-refractivity contribution in [3.05, 3.63) is 11.8 Å². The van der Waals surface area contributed by atoms with Gasteiger partial charge < -0.3 is 62.1 Å². The average Bonchev–Trinajstić information content (AvgIpc) is 2.76. The first-order valence-corrected chi connectivity index (χ1v) is 11.6. The van der Waals surface area contributed by atoms with Crippen LogP contribution in [0.3, 0.4) is 0 Å². The normalized spacial score (nSPS) is 46.5. The van der Waals surface area contributed by atoms with E-state index in [2.05, 4.69) is 10.6 Å². The van der Waals surface area contributed by atoms with E-state index in [0.29, 0.717) is 25.1 Å². The molecule has 0 aromatic heterocycles. The molecular weight excluding hydrogens is 434 g/mol. The highest BCUT2D eigenvalue weighted by atomic mass is 16.7. The molecular formula is C21H41N5O7. The first-order chi connectivity index (χ1) is 15.6. The maximum absolute atomic E-state index is 11.3. The van der Waals surface area contributed by atoms with Gasteiger partial charge in [0.15, 0.2) is 6.29 Å². The van der Waals surface area contributed by atoms with Gasteiger partial charge in [0.1, 0.15) is 35.8 Å². The van der Waals surface area contributed by atoms with E-state index >= 15 is 0 Å². The molecule has 2 fully saturated rings. The van der Waals surface area contributed by atoms with Gasteiger partial charge in [-0.15, -0.1) is 0 Å². The highest BCUT2D eigenvalue weighted by Crippen LogP contribution is 2.31. The Bertz CT molecular complexity index is 669. The van der Waals surface area contributed by atoms with Crippen LogP contribution in [0.25, 0.3) is 0 Å². The fourth-order valence-corrected chi connectivity index (χ4v) is 4.86. The molecule has 2 heterocycles. The Morgan fingerprint density at radius 1 is 1.15 bits per heavy atom. The number of hydrogen-bond acceptors (Lipinski definition) is 12. The molecule has 12 nitrogen and oxygen atoms in total. The summed E-state index contributed by atoms with van der Waals surface area (Å²) < 4.78 is 23.6. The van der Waals surface area contributed by atoms with Gasteiger partial charge >= 0.3 is 0 Å². The van der Waals surface area contributed by atoms with Gasteiger partial charge in [-0.05, 0) is 39.4 Å². The third-order valence-corrected chi connectivity index (χ3v) is 6.64. The summed E-state index contributed by atoms with van der Waals surface area (Å²) in [4.78, 5) is 0. The monoisotopic (exact) mass is 475 g/mol. The van der Waals surface area contributed by atoms with Gasteiger partial charge in [-0.3, -0.25) is 0 Å². The molecule has 0 bridgehead atoms. The largest absolute Gasteiger partial charge is 0.467 e. The minimum absolute atomic E-state index is 0.0483. The van der Waals surface area contributed by atoms with Crippen molar-refractivity contribution in [1.29, 1.82) is 0 Å². The first kappa shape index (κ1) is 26.7. The lowest BCUT2D eigenvalue weighted by Crippen LogP contribution is -2.69. The first-order valence-electron chi connectivity index (χ1n) is 11.6. The standard InChI is InChI=1S/C21H41N5O7/c1-4-26-13-7-12(24)16(32-19-11(23)6-5-10(8-22)31-19)14(27)17(13)33-20-15(28)18(25-3)21(2,29)9-30-20/h5,11-20,25-29H,4,6-9,22-24H2,1-3H3/t11-,12+,13-,14-,15-,16-,17+,18-,19+,20-,21+/m1/s1. The molecule has 11 N–H and O–H groups in total. The van der Waals surface area contributed by atoms with Gasteiger partial charge in [-0.25, -0.2) is 0 Å². The third-order valence-electron chi connectivity index (χ3n) is 6.64. The lowest BCUT2D eigenvalue weighted by atomic mass is 9.83. The van der Waals surface area contributed by atoms with E-state index < -0.39 is 60.7 Å². The fourth-order valence-electron chi connectivity index (χ4n) is 4.86. The summed E-state index contributed by atoms with van der Waals surface area (Å²) in [6.45, 7) is 4.30. The second-order valence-corrected chi connectivity index (χ2v) is 9.31. The van der Waals surface area contributed by atoms with Gasteiger partial charge in [0.2, 0.25) is 6.29 Å². The number of rotatable bonds is 8. The van der Waals surface area contributed by atoms with Gasteiger partial charge in [-0.2, -0.15) is 0 Å². The van der Waals surface area contributed by atoms with Crippen LogP contribution in [-0.4, -0.2) is 109 Å². The Morgan fingerprint density at radius 2 is 1.85 bits per heavy atom. The zero-order chi connectivity index (χ0) is 24.3. The topological polar surface area (TPSA) is 200 Å². The van der Waals surface area contributed by atoms with Crippen LogP contribution in [0.1, 0.15) is 26.7 Å². The van der Waals surface area contributed by atoms with Crippen molar-refractivity contribution in [2.24, 2.45) is 17.2 Å². The molecule has 0 amide bonds. The van der Waals surface area contributed by atoms with E-state index in [1.807, 2.05) is 13.0 Å². The number of likely N-dealkylation sites (N-methyl/N-ethyl adjacent to an activating group) is 2. The quantitative estimate of drug-likeness (QED) is 0.175. The van der Waals surface area contributed by atoms with Crippen molar-refractivity contribution in [2.75, 3.05) is 26.7 Å².